The standard InChI is InChI=1S/C21H22Cl2N4O6/c1-32-18(28)15-16(19(29)33-2)26-20(30)25(12-8-9-13(22)14(23)10-12)21(31)27(26)17(15)24-11-6-4-3-5-7-11/h8-11,16,24H,3-7H2,1-2H3. The second kappa shape index (κ2) is 9.11. The van der Waals surface area contributed by atoms with Crippen molar-refractivity contribution in [1.82, 2.24) is 19.2 Å². The zero-order chi connectivity index (χ0) is 23.9. The Morgan fingerprint density at radius 3 is 2.30 bits per heavy atom. The van der Waals surface area contributed by atoms with Gasteiger partial charge in [0.05, 0.1) is 30.0 Å². The summed E-state index contributed by atoms with van der Waals surface area (Å²) in [6, 6.07) is 2.73. The highest BCUT2D eigenvalue weighted by Crippen LogP contribution is 2.32. The fourth-order valence-corrected chi connectivity index (χ4v) is 4.62. The number of hydrogen-bond acceptors (Lipinski definition) is 7. The van der Waals surface area contributed by atoms with Crippen molar-refractivity contribution in [2.75, 3.05) is 14.2 Å². The van der Waals surface area contributed by atoms with E-state index in [1.165, 1.54) is 18.2 Å². The summed E-state index contributed by atoms with van der Waals surface area (Å²) in [6.07, 6.45) is 4.67. The van der Waals surface area contributed by atoms with Crippen molar-refractivity contribution in [3.63, 3.8) is 0 Å². The molecule has 0 radical (unpaired) electrons. The summed E-state index contributed by atoms with van der Waals surface area (Å²) in [5.41, 5.74) is -1.64. The number of halogens is 2. The smallest absolute Gasteiger partial charge is 0.358 e. The molecular formula is C21H22Cl2N4O6. The molecule has 2 heterocycles. The molecule has 12 heteroatoms. The van der Waals surface area contributed by atoms with Gasteiger partial charge < -0.3 is 14.8 Å². The maximum Gasteiger partial charge on any atom is 0.358 e. The lowest BCUT2D eigenvalue weighted by Crippen LogP contribution is -2.36. The van der Waals surface area contributed by atoms with Gasteiger partial charge in [0.2, 0.25) is 0 Å². The predicted octanol–water partition coefficient (Wildman–Crippen LogP) is 2.10. The zero-order valence-corrected chi connectivity index (χ0v) is 19.5. The van der Waals surface area contributed by atoms with E-state index in [1.807, 2.05) is 0 Å². The number of hydrogen-bond donors (Lipinski definition) is 1. The Labute approximate surface area is 198 Å². The number of carbonyl (C=O) groups is 2. The second-order valence-corrected chi connectivity index (χ2v) is 8.63. The number of benzene rings is 1. The molecule has 1 unspecified atom stereocenters. The fraction of sp³-hybridized carbons (Fsp3) is 0.429. The molecule has 1 aliphatic carbocycles. The van der Waals surface area contributed by atoms with Gasteiger partial charge in [-0.25, -0.2) is 28.4 Å². The number of nitrogens with zero attached hydrogens (tertiary/aromatic N) is 3. The van der Waals surface area contributed by atoms with Gasteiger partial charge in [0.15, 0.2) is 6.04 Å². The zero-order valence-electron chi connectivity index (χ0n) is 18.0. The highest BCUT2D eigenvalue weighted by atomic mass is 35.5. The molecule has 1 N–H and O–H groups in total. The molecule has 4 rings (SSSR count). The average Bonchev–Trinajstić information content (AvgIpc) is 3.28. The van der Waals surface area contributed by atoms with E-state index in [-0.39, 0.29) is 33.2 Å². The Hall–Kier alpha value is -2.98. The Balaban J connectivity index is 1.97. The number of carbonyl (C=O) groups excluding carboxylic acids is 2. The summed E-state index contributed by atoms with van der Waals surface area (Å²) in [6.45, 7) is 0. The van der Waals surface area contributed by atoms with Crippen LogP contribution in [0.1, 0.15) is 38.1 Å². The molecule has 2 aromatic rings. The molecule has 0 amide bonds. The van der Waals surface area contributed by atoms with E-state index < -0.39 is 29.4 Å². The van der Waals surface area contributed by atoms with Crippen LogP contribution in [-0.2, 0) is 19.1 Å². The van der Waals surface area contributed by atoms with Crippen LogP contribution in [-0.4, -0.2) is 46.1 Å². The highest BCUT2D eigenvalue weighted by Gasteiger charge is 2.45. The summed E-state index contributed by atoms with van der Waals surface area (Å²) < 4.78 is 12.5. The SMILES string of the molecule is COC(=O)C1=C(NC2CCCCC2)n2c(=O)n(-c3ccc(Cl)c(Cl)c3)c(=O)n2C1C(=O)OC. The van der Waals surface area contributed by atoms with Crippen molar-refractivity contribution in [3.05, 3.63) is 54.8 Å². The Bertz CT molecular complexity index is 1270. The third-order valence-electron chi connectivity index (χ3n) is 5.90. The lowest BCUT2D eigenvalue weighted by atomic mass is 9.95. The van der Waals surface area contributed by atoms with Gasteiger partial charge in [0.25, 0.3) is 0 Å². The molecule has 0 bridgehead atoms. The van der Waals surface area contributed by atoms with Crippen molar-refractivity contribution < 1.29 is 19.1 Å². The Morgan fingerprint density at radius 1 is 1.00 bits per heavy atom. The first-order valence-corrected chi connectivity index (χ1v) is 11.1. The largest absolute Gasteiger partial charge is 0.467 e. The van der Waals surface area contributed by atoms with Crippen LogP contribution in [0.2, 0.25) is 10.0 Å². The lowest BCUT2D eigenvalue weighted by molar-refractivity contribution is -0.146. The first kappa shape index (κ1) is 23.2. The molecule has 1 fully saturated rings. The average molecular weight is 497 g/mol. The predicted molar refractivity (Wildman–Crippen MR) is 121 cm³/mol. The molecule has 1 atom stereocenters. The number of esters is 2. The maximum atomic E-state index is 13.5. The van der Waals surface area contributed by atoms with E-state index in [0.29, 0.717) is 0 Å². The van der Waals surface area contributed by atoms with Gasteiger partial charge in [0.1, 0.15) is 11.4 Å². The topological polar surface area (TPSA) is 114 Å². The van der Waals surface area contributed by atoms with Crippen LogP contribution in [0.5, 0.6) is 0 Å². The number of fused-ring (bicyclic) bond motifs is 1. The molecule has 1 saturated carbocycles. The minimum Gasteiger partial charge on any atom is -0.467 e. The van der Waals surface area contributed by atoms with Crippen molar-refractivity contribution in [3.8, 4) is 5.69 Å². The quantitative estimate of drug-likeness (QED) is 0.630. The van der Waals surface area contributed by atoms with Crippen molar-refractivity contribution in [1.29, 1.82) is 0 Å². The summed E-state index contributed by atoms with van der Waals surface area (Å²) in [7, 11) is 2.29. The third kappa shape index (κ3) is 3.87. The van der Waals surface area contributed by atoms with Gasteiger partial charge in [0, 0.05) is 6.04 Å². The number of aromatic nitrogens is 3. The van der Waals surface area contributed by atoms with Crippen LogP contribution in [0.4, 0.5) is 0 Å². The van der Waals surface area contributed by atoms with Crippen molar-refractivity contribution >= 4 is 41.0 Å². The second-order valence-electron chi connectivity index (χ2n) is 7.81. The first-order chi connectivity index (χ1) is 15.8. The molecule has 0 saturated heterocycles. The van der Waals surface area contributed by atoms with E-state index in [4.69, 9.17) is 32.7 Å². The van der Waals surface area contributed by atoms with E-state index in [2.05, 4.69) is 5.32 Å². The van der Waals surface area contributed by atoms with Gasteiger partial charge in [-0.15, -0.1) is 0 Å². The number of methoxy groups -OCH3 is 2. The molecule has 1 aliphatic heterocycles. The Morgan fingerprint density at radius 2 is 1.70 bits per heavy atom. The fourth-order valence-electron chi connectivity index (χ4n) is 4.32. The molecule has 1 aromatic heterocycles. The molecule has 176 valence electrons. The third-order valence-corrected chi connectivity index (χ3v) is 6.64. The molecule has 33 heavy (non-hydrogen) atoms. The molecule has 2 aliphatic rings. The number of nitrogens with one attached hydrogen (secondary N) is 1. The molecule has 10 nitrogen and oxygen atoms in total. The van der Waals surface area contributed by atoms with Gasteiger partial charge in [-0.2, -0.15) is 4.68 Å². The summed E-state index contributed by atoms with van der Waals surface area (Å²) in [5.74, 6) is -1.71. The molecule has 0 spiro atoms. The number of ether oxygens (including phenoxy) is 2. The summed E-state index contributed by atoms with van der Waals surface area (Å²) >= 11 is 12.1. The van der Waals surface area contributed by atoms with Gasteiger partial charge in [-0.05, 0) is 31.0 Å². The van der Waals surface area contributed by atoms with Gasteiger partial charge in [-0.1, -0.05) is 42.5 Å². The Kier molecular flexibility index (Phi) is 6.40. The maximum absolute atomic E-state index is 13.5. The van der Waals surface area contributed by atoms with Crippen LogP contribution in [0.25, 0.3) is 11.5 Å². The van der Waals surface area contributed by atoms with Crippen LogP contribution in [0.15, 0.2) is 33.4 Å². The summed E-state index contributed by atoms with van der Waals surface area (Å²) in [5, 5.41) is 3.61. The van der Waals surface area contributed by atoms with Crippen LogP contribution in [0.3, 0.4) is 0 Å². The van der Waals surface area contributed by atoms with Crippen LogP contribution >= 0.6 is 23.2 Å². The first-order valence-electron chi connectivity index (χ1n) is 10.4. The normalized spacial score (nSPS) is 18.2. The lowest BCUT2D eigenvalue weighted by Gasteiger charge is -2.24. The van der Waals surface area contributed by atoms with Crippen LogP contribution < -0.4 is 16.7 Å². The van der Waals surface area contributed by atoms with Crippen molar-refractivity contribution in [2.45, 2.75) is 44.2 Å². The van der Waals surface area contributed by atoms with E-state index in [1.54, 1.807) is 0 Å². The minimum absolute atomic E-state index is 0.0325. The summed E-state index contributed by atoms with van der Waals surface area (Å²) in [4.78, 5) is 52.4. The highest BCUT2D eigenvalue weighted by molar-refractivity contribution is 6.42. The van der Waals surface area contributed by atoms with Crippen LogP contribution in [0, 0.1) is 0 Å². The van der Waals surface area contributed by atoms with E-state index in [9.17, 15) is 19.2 Å². The van der Waals surface area contributed by atoms with Crippen molar-refractivity contribution in [2.24, 2.45) is 0 Å². The number of rotatable bonds is 5. The van der Waals surface area contributed by atoms with E-state index >= 15 is 0 Å². The van der Waals surface area contributed by atoms with E-state index in [0.717, 1.165) is 60.3 Å². The minimum atomic E-state index is -1.50. The van der Waals surface area contributed by atoms with Gasteiger partial charge >= 0.3 is 23.3 Å². The van der Waals surface area contributed by atoms with Gasteiger partial charge in [-0.3, -0.25) is 0 Å². The monoisotopic (exact) mass is 496 g/mol. The molecular weight excluding hydrogens is 475 g/mol. The molecule has 1 aromatic carbocycles.